The van der Waals surface area contributed by atoms with Gasteiger partial charge in [-0.3, -0.25) is 4.79 Å². The predicted molar refractivity (Wildman–Crippen MR) is 86.2 cm³/mol. The Morgan fingerprint density at radius 3 is 2.48 bits per heavy atom. The minimum Gasteiger partial charge on any atom is -0.452 e. The molecule has 0 saturated carbocycles. The van der Waals surface area contributed by atoms with Gasteiger partial charge in [0.1, 0.15) is 0 Å². The zero-order chi connectivity index (χ0) is 17.0. The van der Waals surface area contributed by atoms with E-state index in [2.05, 4.69) is 0 Å². The number of benzene rings is 1. The molecule has 0 radical (unpaired) electrons. The van der Waals surface area contributed by atoms with Gasteiger partial charge in [0.05, 0.1) is 17.1 Å². The van der Waals surface area contributed by atoms with Gasteiger partial charge in [0, 0.05) is 17.6 Å². The first-order valence-corrected chi connectivity index (χ1v) is 9.45. The fourth-order valence-corrected chi connectivity index (χ4v) is 4.40. The minimum absolute atomic E-state index is 0.0300. The van der Waals surface area contributed by atoms with Crippen LogP contribution in [-0.2, 0) is 19.4 Å². The lowest BCUT2D eigenvalue weighted by atomic mass is 10.2. The second-order valence-corrected chi connectivity index (χ2v) is 7.98. The molecule has 0 aliphatic carbocycles. The summed E-state index contributed by atoms with van der Waals surface area (Å²) < 4.78 is 28.1. The molecule has 0 N–H and O–H groups in total. The van der Waals surface area contributed by atoms with Crippen molar-refractivity contribution < 1.29 is 22.7 Å². The molecule has 1 amide bonds. The molecule has 126 valence electrons. The highest BCUT2D eigenvalue weighted by Gasteiger charge is 2.34. The van der Waals surface area contributed by atoms with Crippen LogP contribution in [0.25, 0.3) is 0 Å². The largest absolute Gasteiger partial charge is 0.452 e. The van der Waals surface area contributed by atoms with Crippen molar-refractivity contribution in [1.29, 1.82) is 0 Å². The van der Waals surface area contributed by atoms with Gasteiger partial charge >= 0.3 is 5.97 Å². The van der Waals surface area contributed by atoms with Crippen LogP contribution in [0.1, 0.15) is 23.7 Å². The monoisotopic (exact) mass is 359 g/mol. The maximum atomic E-state index is 12.2. The molecule has 8 heteroatoms. The van der Waals surface area contributed by atoms with Gasteiger partial charge in [0.25, 0.3) is 5.91 Å². The van der Waals surface area contributed by atoms with Crippen molar-refractivity contribution in [1.82, 2.24) is 4.90 Å². The average molecular weight is 360 g/mol. The molecular weight excluding hydrogens is 342 g/mol. The second kappa shape index (κ2) is 7.31. The number of amides is 1. The summed E-state index contributed by atoms with van der Waals surface area (Å²) in [6.45, 7) is 1.73. The molecule has 1 unspecified atom stereocenters. The number of carbonyl (C=O) groups is 2. The van der Waals surface area contributed by atoms with Crippen LogP contribution >= 0.6 is 11.6 Å². The van der Waals surface area contributed by atoms with Gasteiger partial charge in [-0.2, -0.15) is 0 Å². The lowest BCUT2D eigenvalue weighted by Crippen LogP contribution is -2.43. The van der Waals surface area contributed by atoms with Crippen molar-refractivity contribution in [2.45, 2.75) is 19.4 Å². The van der Waals surface area contributed by atoms with Crippen LogP contribution in [0.2, 0.25) is 5.02 Å². The molecule has 1 atom stereocenters. The normalized spacial score (nSPS) is 19.3. The lowest BCUT2D eigenvalue weighted by Gasteiger charge is -2.26. The van der Waals surface area contributed by atoms with Gasteiger partial charge in [-0.15, -0.1) is 0 Å². The molecule has 1 aromatic rings. The summed E-state index contributed by atoms with van der Waals surface area (Å²) in [6, 6.07) is 5.79. The smallest absolute Gasteiger partial charge is 0.338 e. The quantitative estimate of drug-likeness (QED) is 0.745. The van der Waals surface area contributed by atoms with Crippen LogP contribution in [-0.4, -0.2) is 55.9 Å². The first-order valence-electron chi connectivity index (χ1n) is 7.25. The number of rotatable bonds is 5. The highest BCUT2D eigenvalue weighted by Crippen LogP contribution is 2.18. The Balaban J connectivity index is 1.92. The fourth-order valence-electron chi connectivity index (χ4n) is 2.54. The third-order valence-corrected chi connectivity index (χ3v) is 5.72. The number of nitrogens with zero attached hydrogens (tertiary/aromatic N) is 1. The summed E-state index contributed by atoms with van der Waals surface area (Å²) in [4.78, 5) is 25.5. The average Bonchev–Trinajstić information content (AvgIpc) is 2.86. The third kappa shape index (κ3) is 4.68. The van der Waals surface area contributed by atoms with E-state index >= 15 is 0 Å². The summed E-state index contributed by atoms with van der Waals surface area (Å²) in [5.74, 6) is -0.953. The van der Waals surface area contributed by atoms with Crippen molar-refractivity contribution >= 4 is 33.3 Å². The molecule has 1 fully saturated rings. The molecule has 0 bridgehead atoms. The molecule has 0 aromatic heterocycles. The molecule has 6 nitrogen and oxygen atoms in total. The Kier molecular flexibility index (Phi) is 5.64. The van der Waals surface area contributed by atoms with Crippen LogP contribution < -0.4 is 0 Å². The van der Waals surface area contributed by atoms with E-state index in [4.69, 9.17) is 16.3 Å². The number of halogens is 1. The predicted octanol–water partition coefficient (Wildman–Crippen LogP) is 1.53. The van der Waals surface area contributed by atoms with E-state index in [0.717, 1.165) is 0 Å². The van der Waals surface area contributed by atoms with E-state index in [9.17, 15) is 18.0 Å². The fraction of sp³-hybridized carbons (Fsp3) is 0.467. The maximum absolute atomic E-state index is 12.2. The summed E-state index contributed by atoms with van der Waals surface area (Å²) in [5, 5.41) is 0.497. The second-order valence-electron chi connectivity index (χ2n) is 5.32. The van der Waals surface area contributed by atoms with E-state index in [1.807, 2.05) is 0 Å². The first kappa shape index (κ1) is 17.7. The van der Waals surface area contributed by atoms with Crippen molar-refractivity contribution in [3.05, 3.63) is 34.9 Å². The zero-order valence-electron chi connectivity index (χ0n) is 12.7. The number of sulfone groups is 1. The van der Waals surface area contributed by atoms with Gasteiger partial charge in [-0.05, 0) is 37.6 Å². The number of hydrogen-bond donors (Lipinski definition) is 0. The van der Waals surface area contributed by atoms with Crippen LogP contribution in [0.15, 0.2) is 24.3 Å². The van der Waals surface area contributed by atoms with Gasteiger partial charge in [0.15, 0.2) is 16.4 Å². The molecule has 23 heavy (non-hydrogen) atoms. The molecular formula is C15H18ClNO5S. The summed E-state index contributed by atoms with van der Waals surface area (Å²) in [6.07, 6.45) is 0.424. The minimum atomic E-state index is -3.08. The van der Waals surface area contributed by atoms with Gasteiger partial charge in [0.2, 0.25) is 0 Å². The van der Waals surface area contributed by atoms with Crippen molar-refractivity contribution in [2.24, 2.45) is 0 Å². The number of esters is 1. The molecule has 1 heterocycles. The van der Waals surface area contributed by atoms with Crippen LogP contribution in [0.5, 0.6) is 0 Å². The summed E-state index contributed by atoms with van der Waals surface area (Å²) >= 11 is 5.74. The molecule has 1 aromatic carbocycles. The van der Waals surface area contributed by atoms with Crippen LogP contribution in [0, 0.1) is 0 Å². The Bertz CT molecular complexity index is 686. The lowest BCUT2D eigenvalue weighted by molar-refractivity contribution is -0.136. The maximum Gasteiger partial charge on any atom is 0.338 e. The number of hydrogen-bond acceptors (Lipinski definition) is 5. The van der Waals surface area contributed by atoms with Crippen molar-refractivity contribution in [3.63, 3.8) is 0 Å². The molecule has 1 saturated heterocycles. The molecule has 1 aliphatic rings. The standard InChI is InChI=1S/C15H18ClNO5S/c1-2-17(13-7-8-23(20,21)10-13)14(18)9-22-15(19)11-3-5-12(16)6-4-11/h3-6,13H,2,7-10H2,1H3. The van der Waals surface area contributed by atoms with Gasteiger partial charge in [-0.1, -0.05) is 11.6 Å². The van der Waals surface area contributed by atoms with E-state index in [1.165, 1.54) is 17.0 Å². The Morgan fingerprint density at radius 2 is 1.96 bits per heavy atom. The molecule has 1 aliphatic heterocycles. The molecule has 0 spiro atoms. The highest BCUT2D eigenvalue weighted by molar-refractivity contribution is 7.91. The highest BCUT2D eigenvalue weighted by atomic mass is 35.5. The van der Waals surface area contributed by atoms with Crippen LogP contribution in [0.4, 0.5) is 0 Å². The number of ether oxygens (including phenoxy) is 1. The first-order chi connectivity index (χ1) is 10.8. The third-order valence-electron chi connectivity index (χ3n) is 3.72. The summed E-state index contributed by atoms with van der Waals surface area (Å²) in [7, 11) is -3.08. The molecule has 2 rings (SSSR count). The topological polar surface area (TPSA) is 80.8 Å². The van der Waals surface area contributed by atoms with Crippen molar-refractivity contribution in [2.75, 3.05) is 24.7 Å². The zero-order valence-corrected chi connectivity index (χ0v) is 14.3. The van der Waals surface area contributed by atoms with Gasteiger partial charge < -0.3 is 9.64 Å². The number of carbonyl (C=O) groups excluding carboxylic acids is 2. The van der Waals surface area contributed by atoms with E-state index in [1.54, 1.807) is 19.1 Å². The SMILES string of the molecule is CCN(C(=O)COC(=O)c1ccc(Cl)cc1)C1CCS(=O)(=O)C1. The number of likely N-dealkylation sites (N-methyl/N-ethyl adjacent to an activating group) is 1. The Morgan fingerprint density at radius 1 is 1.30 bits per heavy atom. The Hall–Kier alpha value is -1.60. The van der Waals surface area contributed by atoms with E-state index < -0.39 is 28.3 Å². The Labute approximate surface area is 140 Å². The van der Waals surface area contributed by atoms with Gasteiger partial charge in [-0.25, -0.2) is 13.2 Å². The van der Waals surface area contributed by atoms with E-state index in [0.29, 0.717) is 23.6 Å². The van der Waals surface area contributed by atoms with E-state index in [-0.39, 0.29) is 17.5 Å². The van der Waals surface area contributed by atoms with Crippen LogP contribution in [0.3, 0.4) is 0 Å². The van der Waals surface area contributed by atoms with Crippen molar-refractivity contribution in [3.8, 4) is 0 Å². The summed E-state index contributed by atoms with van der Waals surface area (Å²) in [5.41, 5.74) is 0.300.